The van der Waals surface area contributed by atoms with Crippen LogP contribution in [0.3, 0.4) is 0 Å². The lowest BCUT2D eigenvalue weighted by atomic mass is 10.1. The van der Waals surface area contributed by atoms with Crippen molar-refractivity contribution in [3.63, 3.8) is 0 Å². The van der Waals surface area contributed by atoms with Crippen molar-refractivity contribution in [3.05, 3.63) is 63.9 Å². The summed E-state index contributed by atoms with van der Waals surface area (Å²) >= 11 is 3.40. The molecule has 1 unspecified atom stereocenters. The number of anilines is 1. The predicted molar refractivity (Wildman–Crippen MR) is 77.3 cm³/mol. The van der Waals surface area contributed by atoms with Gasteiger partial charge in [-0.3, -0.25) is 0 Å². The van der Waals surface area contributed by atoms with E-state index in [0.717, 1.165) is 15.6 Å². The van der Waals surface area contributed by atoms with Crippen molar-refractivity contribution in [3.8, 4) is 0 Å². The van der Waals surface area contributed by atoms with Gasteiger partial charge in [-0.1, -0.05) is 40.2 Å². The van der Waals surface area contributed by atoms with Crippen molar-refractivity contribution < 1.29 is 4.39 Å². The van der Waals surface area contributed by atoms with Crippen LogP contribution in [0.2, 0.25) is 0 Å². The summed E-state index contributed by atoms with van der Waals surface area (Å²) in [6.07, 6.45) is 0. The summed E-state index contributed by atoms with van der Waals surface area (Å²) in [7, 11) is 0. The van der Waals surface area contributed by atoms with Crippen LogP contribution >= 0.6 is 15.9 Å². The summed E-state index contributed by atoms with van der Waals surface area (Å²) in [6, 6.07) is 13.2. The molecule has 2 aromatic rings. The minimum absolute atomic E-state index is 0.0636. The van der Waals surface area contributed by atoms with Gasteiger partial charge in [-0.2, -0.15) is 0 Å². The summed E-state index contributed by atoms with van der Waals surface area (Å²) in [5, 5.41) is 3.22. The SMILES string of the molecule is Cc1cccc(F)c1NC(C)c1ccc(Br)cc1. The average Bonchev–Trinajstić information content (AvgIpc) is 2.34. The Bertz CT molecular complexity index is 516. The molecule has 1 N–H and O–H groups in total. The van der Waals surface area contributed by atoms with Gasteiger partial charge in [0.05, 0.1) is 5.69 Å². The first-order chi connectivity index (χ1) is 8.58. The maximum absolute atomic E-state index is 13.7. The summed E-state index contributed by atoms with van der Waals surface area (Å²) in [6.45, 7) is 3.93. The predicted octanol–water partition coefficient (Wildman–Crippen LogP) is 5.07. The topological polar surface area (TPSA) is 12.0 Å². The number of hydrogen-bond donors (Lipinski definition) is 1. The van der Waals surface area contributed by atoms with Crippen LogP contribution in [0.5, 0.6) is 0 Å². The number of halogens is 2. The Morgan fingerprint density at radius 3 is 2.39 bits per heavy atom. The largest absolute Gasteiger partial charge is 0.376 e. The average molecular weight is 308 g/mol. The van der Waals surface area contributed by atoms with Gasteiger partial charge >= 0.3 is 0 Å². The molecule has 0 spiro atoms. The summed E-state index contributed by atoms with van der Waals surface area (Å²) in [5.74, 6) is -0.209. The number of para-hydroxylation sites is 1. The van der Waals surface area contributed by atoms with E-state index in [1.54, 1.807) is 6.07 Å². The highest BCUT2D eigenvalue weighted by atomic mass is 79.9. The van der Waals surface area contributed by atoms with Gasteiger partial charge in [-0.15, -0.1) is 0 Å². The highest BCUT2D eigenvalue weighted by Crippen LogP contribution is 2.25. The van der Waals surface area contributed by atoms with Crippen LogP contribution in [-0.2, 0) is 0 Å². The third-order valence-corrected chi connectivity index (χ3v) is 3.48. The Kier molecular flexibility index (Phi) is 4.02. The van der Waals surface area contributed by atoms with E-state index in [0.29, 0.717) is 5.69 Å². The van der Waals surface area contributed by atoms with Crippen molar-refractivity contribution in [2.75, 3.05) is 5.32 Å². The third-order valence-electron chi connectivity index (χ3n) is 2.95. The number of hydrogen-bond acceptors (Lipinski definition) is 1. The molecule has 0 radical (unpaired) electrons. The molecule has 0 saturated carbocycles. The molecule has 0 aromatic heterocycles. The summed E-state index contributed by atoms with van der Waals surface area (Å²) in [4.78, 5) is 0. The Morgan fingerprint density at radius 2 is 1.78 bits per heavy atom. The lowest BCUT2D eigenvalue weighted by Gasteiger charge is -2.18. The Hall–Kier alpha value is -1.35. The first-order valence-corrected chi connectivity index (χ1v) is 6.64. The van der Waals surface area contributed by atoms with Crippen LogP contribution in [0.15, 0.2) is 46.9 Å². The molecule has 3 heteroatoms. The zero-order valence-corrected chi connectivity index (χ0v) is 12.0. The number of benzene rings is 2. The van der Waals surface area contributed by atoms with Crippen LogP contribution in [-0.4, -0.2) is 0 Å². The van der Waals surface area contributed by atoms with Crippen LogP contribution in [0, 0.1) is 12.7 Å². The molecule has 1 atom stereocenters. The van der Waals surface area contributed by atoms with Crippen LogP contribution in [0.4, 0.5) is 10.1 Å². The van der Waals surface area contributed by atoms with Gasteiger partial charge in [0.1, 0.15) is 5.82 Å². The van der Waals surface area contributed by atoms with Crippen LogP contribution in [0.25, 0.3) is 0 Å². The molecular formula is C15H15BrFN. The van der Waals surface area contributed by atoms with Gasteiger partial charge in [0.2, 0.25) is 0 Å². The molecule has 94 valence electrons. The monoisotopic (exact) mass is 307 g/mol. The molecule has 18 heavy (non-hydrogen) atoms. The molecule has 0 aliphatic heterocycles. The fraction of sp³-hybridized carbons (Fsp3) is 0.200. The van der Waals surface area contributed by atoms with E-state index in [1.165, 1.54) is 6.07 Å². The van der Waals surface area contributed by atoms with Crippen molar-refractivity contribution in [1.29, 1.82) is 0 Å². The van der Waals surface area contributed by atoms with Gasteiger partial charge in [0.15, 0.2) is 0 Å². The molecule has 0 amide bonds. The van der Waals surface area contributed by atoms with Crippen molar-refractivity contribution >= 4 is 21.6 Å². The molecule has 2 rings (SSSR count). The highest BCUT2D eigenvalue weighted by Gasteiger charge is 2.10. The van der Waals surface area contributed by atoms with Crippen molar-refractivity contribution in [2.45, 2.75) is 19.9 Å². The van der Waals surface area contributed by atoms with E-state index < -0.39 is 0 Å². The maximum atomic E-state index is 13.7. The molecular weight excluding hydrogens is 293 g/mol. The lowest BCUT2D eigenvalue weighted by Crippen LogP contribution is -2.09. The quantitative estimate of drug-likeness (QED) is 0.834. The number of nitrogens with one attached hydrogen (secondary N) is 1. The molecule has 0 aliphatic rings. The van der Waals surface area contributed by atoms with E-state index in [4.69, 9.17) is 0 Å². The van der Waals surface area contributed by atoms with Gasteiger partial charge in [-0.05, 0) is 43.2 Å². The molecule has 0 fully saturated rings. The Morgan fingerprint density at radius 1 is 1.11 bits per heavy atom. The summed E-state index contributed by atoms with van der Waals surface area (Å²) < 4.78 is 14.8. The van der Waals surface area contributed by atoms with Gasteiger partial charge in [0, 0.05) is 10.5 Å². The smallest absolute Gasteiger partial charge is 0.146 e. The van der Waals surface area contributed by atoms with Crippen LogP contribution < -0.4 is 5.32 Å². The van der Waals surface area contributed by atoms with E-state index in [1.807, 2.05) is 44.2 Å². The normalized spacial score (nSPS) is 12.2. The zero-order valence-electron chi connectivity index (χ0n) is 10.4. The molecule has 1 nitrogen and oxygen atoms in total. The second kappa shape index (κ2) is 5.53. The third kappa shape index (κ3) is 2.91. The molecule has 0 aliphatic carbocycles. The molecule has 2 aromatic carbocycles. The number of aryl methyl sites for hydroxylation is 1. The fourth-order valence-corrected chi connectivity index (χ4v) is 2.13. The first-order valence-electron chi connectivity index (χ1n) is 5.85. The van der Waals surface area contributed by atoms with Crippen LogP contribution in [0.1, 0.15) is 24.1 Å². The second-order valence-electron chi connectivity index (χ2n) is 4.35. The maximum Gasteiger partial charge on any atom is 0.146 e. The molecule has 0 saturated heterocycles. The Labute approximate surface area is 115 Å². The minimum atomic E-state index is -0.209. The Balaban J connectivity index is 2.21. The first kappa shape index (κ1) is 13.1. The molecule has 0 bridgehead atoms. The van der Waals surface area contributed by atoms with Gasteiger partial charge < -0.3 is 5.32 Å². The summed E-state index contributed by atoms with van der Waals surface area (Å²) in [5.41, 5.74) is 2.62. The highest BCUT2D eigenvalue weighted by molar-refractivity contribution is 9.10. The van der Waals surface area contributed by atoms with E-state index in [9.17, 15) is 4.39 Å². The molecule has 0 heterocycles. The lowest BCUT2D eigenvalue weighted by molar-refractivity contribution is 0.626. The standard InChI is InChI=1S/C15H15BrFN/c1-10-4-3-5-14(17)15(10)18-11(2)12-6-8-13(16)9-7-12/h3-9,11,18H,1-2H3. The van der Waals surface area contributed by atoms with Gasteiger partial charge in [-0.25, -0.2) is 4.39 Å². The minimum Gasteiger partial charge on any atom is -0.376 e. The second-order valence-corrected chi connectivity index (χ2v) is 5.26. The van der Waals surface area contributed by atoms with Gasteiger partial charge in [0.25, 0.3) is 0 Å². The fourth-order valence-electron chi connectivity index (χ4n) is 1.87. The van der Waals surface area contributed by atoms with E-state index in [-0.39, 0.29) is 11.9 Å². The van der Waals surface area contributed by atoms with Crippen molar-refractivity contribution in [1.82, 2.24) is 0 Å². The zero-order chi connectivity index (χ0) is 13.1. The number of rotatable bonds is 3. The van der Waals surface area contributed by atoms with E-state index in [2.05, 4.69) is 21.2 Å². The van der Waals surface area contributed by atoms with E-state index >= 15 is 0 Å². The van der Waals surface area contributed by atoms with Crippen molar-refractivity contribution in [2.24, 2.45) is 0 Å².